The summed E-state index contributed by atoms with van der Waals surface area (Å²) in [5.41, 5.74) is 13.0. The van der Waals surface area contributed by atoms with Gasteiger partial charge in [0.05, 0.1) is 12.3 Å². The van der Waals surface area contributed by atoms with Crippen molar-refractivity contribution in [1.29, 1.82) is 0 Å². The molecule has 2 rings (SSSR count). The predicted molar refractivity (Wildman–Crippen MR) is 72.1 cm³/mol. The maximum Gasteiger partial charge on any atom is 0.265 e. The van der Waals surface area contributed by atoms with E-state index in [2.05, 4.69) is 0 Å². The number of fused-ring (bicyclic) bond motifs is 1. The highest BCUT2D eigenvalue weighted by Crippen LogP contribution is 2.33. The molecule has 1 aromatic rings. The highest BCUT2D eigenvalue weighted by Gasteiger charge is 2.26. The fraction of sp³-hybridized carbons (Fsp3) is 0.462. The molecular formula is C13H19N3O3. The number of rotatable bonds is 5. The van der Waals surface area contributed by atoms with Gasteiger partial charge >= 0.3 is 0 Å². The molecule has 0 bridgehead atoms. The van der Waals surface area contributed by atoms with Crippen molar-refractivity contribution in [3.63, 3.8) is 0 Å². The van der Waals surface area contributed by atoms with Crippen molar-refractivity contribution in [3.8, 4) is 5.75 Å². The molecule has 6 heteroatoms. The number of nitrogens with two attached hydrogens (primary N) is 2. The van der Waals surface area contributed by atoms with Crippen LogP contribution in [0.25, 0.3) is 0 Å². The molecule has 0 aromatic heterocycles. The quantitative estimate of drug-likeness (QED) is 0.649. The lowest BCUT2D eigenvalue weighted by atomic mass is 10.1. The molecule has 104 valence electrons. The van der Waals surface area contributed by atoms with Crippen molar-refractivity contribution >= 4 is 11.6 Å². The van der Waals surface area contributed by atoms with Gasteiger partial charge in [-0.15, -0.1) is 0 Å². The summed E-state index contributed by atoms with van der Waals surface area (Å²) >= 11 is 0. The summed E-state index contributed by atoms with van der Waals surface area (Å²) in [4.78, 5) is 13.5. The zero-order chi connectivity index (χ0) is 13.8. The van der Waals surface area contributed by atoms with Crippen molar-refractivity contribution in [3.05, 3.63) is 23.8 Å². The maximum absolute atomic E-state index is 11.9. The van der Waals surface area contributed by atoms with Crippen molar-refractivity contribution < 1.29 is 14.6 Å². The van der Waals surface area contributed by atoms with Gasteiger partial charge in [0.25, 0.3) is 5.91 Å². The van der Waals surface area contributed by atoms with Crippen LogP contribution in [0.1, 0.15) is 5.56 Å². The highest BCUT2D eigenvalue weighted by atomic mass is 16.5. The average Bonchev–Trinajstić information content (AvgIpc) is 2.42. The van der Waals surface area contributed by atoms with E-state index in [9.17, 15) is 4.79 Å². The Morgan fingerprint density at radius 2 is 2.26 bits per heavy atom. The molecule has 1 aromatic carbocycles. The topological polar surface area (TPSA) is 102 Å². The Bertz CT molecular complexity index is 464. The van der Waals surface area contributed by atoms with Gasteiger partial charge in [0.2, 0.25) is 0 Å². The number of benzene rings is 1. The number of hydrogen-bond acceptors (Lipinski definition) is 5. The van der Waals surface area contributed by atoms with Crippen LogP contribution in [0.2, 0.25) is 0 Å². The normalized spacial score (nSPS) is 15.9. The van der Waals surface area contributed by atoms with Gasteiger partial charge < -0.3 is 26.2 Å². The van der Waals surface area contributed by atoms with Gasteiger partial charge in [0.15, 0.2) is 6.61 Å². The van der Waals surface area contributed by atoms with Crippen LogP contribution in [-0.2, 0) is 11.2 Å². The van der Waals surface area contributed by atoms with Gasteiger partial charge in [-0.3, -0.25) is 4.79 Å². The average molecular weight is 265 g/mol. The SMILES string of the molecule is NCCc1ccc2c(c1)N(CC(N)CO)C(=O)CO2. The zero-order valence-electron chi connectivity index (χ0n) is 10.7. The molecule has 1 atom stereocenters. The first-order valence-corrected chi connectivity index (χ1v) is 6.28. The number of hydrogen-bond donors (Lipinski definition) is 3. The van der Waals surface area contributed by atoms with Crippen molar-refractivity contribution in [2.75, 3.05) is 31.2 Å². The summed E-state index contributed by atoms with van der Waals surface area (Å²) in [6.45, 7) is 0.658. The Morgan fingerprint density at radius 3 is 2.95 bits per heavy atom. The summed E-state index contributed by atoms with van der Waals surface area (Å²) in [7, 11) is 0. The van der Waals surface area contributed by atoms with E-state index >= 15 is 0 Å². The fourth-order valence-electron chi connectivity index (χ4n) is 2.06. The van der Waals surface area contributed by atoms with Crippen LogP contribution in [0, 0.1) is 0 Å². The van der Waals surface area contributed by atoms with Crippen LogP contribution in [0.15, 0.2) is 18.2 Å². The lowest BCUT2D eigenvalue weighted by molar-refractivity contribution is -0.121. The second kappa shape index (κ2) is 6.01. The molecule has 19 heavy (non-hydrogen) atoms. The van der Waals surface area contributed by atoms with Gasteiger partial charge in [-0.05, 0) is 30.7 Å². The number of aliphatic hydroxyl groups excluding tert-OH is 1. The fourth-order valence-corrected chi connectivity index (χ4v) is 2.06. The summed E-state index contributed by atoms with van der Waals surface area (Å²) in [6.07, 6.45) is 0.737. The number of aliphatic hydroxyl groups is 1. The number of nitrogens with zero attached hydrogens (tertiary/aromatic N) is 1. The maximum atomic E-state index is 11.9. The monoisotopic (exact) mass is 265 g/mol. The van der Waals surface area contributed by atoms with Gasteiger partial charge in [-0.25, -0.2) is 0 Å². The number of amides is 1. The summed E-state index contributed by atoms with van der Waals surface area (Å²) in [5.74, 6) is 0.506. The van der Waals surface area contributed by atoms with E-state index in [1.165, 1.54) is 0 Å². The largest absolute Gasteiger partial charge is 0.482 e. The van der Waals surface area contributed by atoms with E-state index in [-0.39, 0.29) is 25.7 Å². The van der Waals surface area contributed by atoms with E-state index in [0.717, 1.165) is 12.0 Å². The number of ether oxygens (including phenoxy) is 1. The van der Waals surface area contributed by atoms with E-state index in [0.29, 0.717) is 18.0 Å². The molecule has 0 aliphatic carbocycles. The first-order valence-electron chi connectivity index (χ1n) is 6.28. The van der Waals surface area contributed by atoms with Crippen molar-refractivity contribution in [1.82, 2.24) is 0 Å². The minimum atomic E-state index is -0.465. The first kappa shape index (κ1) is 13.8. The van der Waals surface area contributed by atoms with E-state index in [1.807, 2.05) is 18.2 Å². The molecule has 1 heterocycles. The van der Waals surface area contributed by atoms with Crippen LogP contribution < -0.4 is 21.1 Å². The molecular weight excluding hydrogens is 246 g/mol. The third kappa shape index (κ3) is 3.04. The molecule has 0 fully saturated rings. The molecule has 0 spiro atoms. The highest BCUT2D eigenvalue weighted by molar-refractivity contribution is 5.98. The number of anilines is 1. The van der Waals surface area contributed by atoms with Gasteiger partial charge in [-0.1, -0.05) is 6.07 Å². The van der Waals surface area contributed by atoms with Crippen LogP contribution in [0.3, 0.4) is 0 Å². The van der Waals surface area contributed by atoms with Crippen LogP contribution in [0.5, 0.6) is 5.75 Å². The van der Waals surface area contributed by atoms with Gasteiger partial charge in [0, 0.05) is 12.6 Å². The second-order valence-corrected chi connectivity index (χ2v) is 4.58. The minimum absolute atomic E-state index is 0.00137. The third-order valence-electron chi connectivity index (χ3n) is 3.05. The lowest BCUT2D eigenvalue weighted by Gasteiger charge is -2.31. The molecule has 6 nitrogen and oxygen atoms in total. The summed E-state index contributed by atoms with van der Waals surface area (Å²) < 4.78 is 5.39. The van der Waals surface area contributed by atoms with Crippen molar-refractivity contribution in [2.45, 2.75) is 12.5 Å². The summed E-state index contributed by atoms with van der Waals surface area (Å²) in [6, 6.07) is 5.20. The molecule has 1 unspecified atom stereocenters. The smallest absolute Gasteiger partial charge is 0.265 e. The van der Waals surface area contributed by atoms with Crippen LogP contribution in [-0.4, -0.2) is 43.4 Å². The molecule has 0 saturated heterocycles. The van der Waals surface area contributed by atoms with E-state index < -0.39 is 6.04 Å². The Balaban J connectivity index is 2.30. The first-order chi connectivity index (χ1) is 9.15. The molecule has 0 radical (unpaired) electrons. The molecule has 1 aliphatic heterocycles. The molecule has 1 aliphatic rings. The molecule has 0 saturated carbocycles. The third-order valence-corrected chi connectivity index (χ3v) is 3.05. The van der Waals surface area contributed by atoms with Crippen LogP contribution in [0.4, 0.5) is 5.69 Å². The standard InChI is InChI=1S/C13H19N3O3/c14-4-3-9-1-2-12-11(5-9)16(6-10(15)7-17)13(18)8-19-12/h1-2,5,10,17H,3-4,6-8,14-15H2. The Labute approximate surface area is 111 Å². The second-order valence-electron chi connectivity index (χ2n) is 4.58. The van der Waals surface area contributed by atoms with E-state index in [4.69, 9.17) is 21.3 Å². The lowest BCUT2D eigenvalue weighted by Crippen LogP contribution is -2.46. The number of carbonyl (C=O) groups is 1. The molecule has 5 N–H and O–H groups in total. The van der Waals surface area contributed by atoms with Gasteiger partial charge in [0.1, 0.15) is 5.75 Å². The van der Waals surface area contributed by atoms with Crippen molar-refractivity contribution in [2.24, 2.45) is 11.5 Å². The zero-order valence-corrected chi connectivity index (χ0v) is 10.7. The van der Waals surface area contributed by atoms with Gasteiger partial charge in [-0.2, -0.15) is 0 Å². The Kier molecular flexibility index (Phi) is 4.36. The summed E-state index contributed by atoms with van der Waals surface area (Å²) in [5, 5.41) is 9.03. The van der Waals surface area contributed by atoms with E-state index in [1.54, 1.807) is 4.90 Å². The predicted octanol–water partition coefficient (Wildman–Crippen LogP) is -0.767. The van der Waals surface area contributed by atoms with Crippen LogP contribution >= 0.6 is 0 Å². The Hall–Kier alpha value is -1.63. The Morgan fingerprint density at radius 1 is 1.47 bits per heavy atom. The molecule has 1 amide bonds. The minimum Gasteiger partial charge on any atom is -0.482 e. The number of carbonyl (C=O) groups excluding carboxylic acids is 1.